The summed E-state index contributed by atoms with van der Waals surface area (Å²) in [6, 6.07) is 9.61. The molecule has 0 spiro atoms. The van der Waals surface area contributed by atoms with Crippen LogP contribution in [0.1, 0.15) is 70.8 Å². The molecule has 0 aromatic heterocycles. The molecule has 5 atom stereocenters. The van der Waals surface area contributed by atoms with Crippen molar-refractivity contribution in [1.29, 1.82) is 0 Å². The number of amides is 1. The minimum atomic E-state index is -0.720. The molecule has 3 rings (SSSR count). The maximum absolute atomic E-state index is 13.7. The molecular formula is C32H45NO5. The van der Waals surface area contributed by atoms with Gasteiger partial charge in [-0.25, -0.2) is 0 Å². The van der Waals surface area contributed by atoms with Gasteiger partial charge in [0.25, 0.3) is 5.91 Å². The first-order valence-electron chi connectivity index (χ1n) is 14.1. The van der Waals surface area contributed by atoms with Crippen LogP contribution in [0.3, 0.4) is 0 Å². The molecule has 0 saturated heterocycles. The molecule has 5 unspecified atom stereocenters. The number of nitrogens with zero attached hydrogens (tertiary/aromatic N) is 1. The van der Waals surface area contributed by atoms with E-state index in [9.17, 15) is 20.1 Å². The van der Waals surface area contributed by atoms with E-state index in [1.54, 1.807) is 0 Å². The van der Waals surface area contributed by atoms with Crippen molar-refractivity contribution in [1.82, 2.24) is 4.90 Å². The molecule has 1 amide bonds. The predicted molar refractivity (Wildman–Crippen MR) is 152 cm³/mol. The molecule has 0 bridgehead atoms. The molecule has 1 aromatic rings. The zero-order valence-electron chi connectivity index (χ0n) is 23.0. The number of hydrogen-bond donors (Lipinski definition) is 3. The fourth-order valence-corrected chi connectivity index (χ4v) is 5.21. The third-order valence-corrected chi connectivity index (χ3v) is 7.41. The number of aliphatic hydroxyl groups excluding tert-OH is 3. The lowest BCUT2D eigenvalue weighted by atomic mass is 9.83. The first-order chi connectivity index (χ1) is 18.3. The number of carbonyl (C=O) groups excluding carboxylic acids is 1. The Bertz CT molecular complexity index is 998. The molecule has 1 aliphatic heterocycles. The van der Waals surface area contributed by atoms with Crippen molar-refractivity contribution < 1.29 is 24.9 Å². The lowest BCUT2D eigenvalue weighted by Gasteiger charge is -2.43. The van der Waals surface area contributed by atoms with Gasteiger partial charge in [0.15, 0.2) is 0 Å². The number of hydrogen-bond acceptors (Lipinski definition) is 5. The van der Waals surface area contributed by atoms with E-state index in [-0.39, 0.29) is 30.5 Å². The molecule has 6 heteroatoms. The van der Waals surface area contributed by atoms with Gasteiger partial charge in [-0.3, -0.25) is 4.79 Å². The topological polar surface area (TPSA) is 90.2 Å². The van der Waals surface area contributed by atoms with Crippen LogP contribution in [0.2, 0.25) is 0 Å². The molecule has 0 fully saturated rings. The summed E-state index contributed by atoms with van der Waals surface area (Å²) in [4.78, 5) is 15.6. The fourth-order valence-electron chi connectivity index (χ4n) is 5.21. The van der Waals surface area contributed by atoms with Crippen molar-refractivity contribution in [2.75, 3.05) is 13.2 Å². The van der Waals surface area contributed by atoms with Crippen LogP contribution in [0.5, 0.6) is 0 Å². The summed E-state index contributed by atoms with van der Waals surface area (Å²) >= 11 is 0. The highest BCUT2D eigenvalue weighted by molar-refractivity contribution is 6.20. The molecule has 6 nitrogen and oxygen atoms in total. The maximum atomic E-state index is 13.7. The lowest BCUT2D eigenvalue weighted by molar-refractivity contribution is -0.130. The summed E-state index contributed by atoms with van der Waals surface area (Å²) in [5.74, 6) is 0.799. The van der Waals surface area contributed by atoms with Gasteiger partial charge >= 0.3 is 0 Å². The second-order valence-corrected chi connectivity index (χ2v) is 10.7. The average molecular weight is 524 g/mol. The van der Waals surface area contributed by atoms with Crippen LogP contribution < -0.4 is 0 Å². The van der Waals surface area contributed by atoms with Crippen molar-refractivity contribution in [3.8, 4) is 0 Å². The van der Waals surface area contributed by atoms with Crippen LogP contribution >= 0.6 is 0 Å². The summed E-state index contributed by atoms with van der Waals surface area (Å²) in [5.41, 5.74) is 2.72. The Morgan fingerprint density at radius 3 is 2.42 bits per heavy atom. The van der Waals surface area contributed by atoms with Crippen LogP contribution in [0.4, 0.5) is 0 Å². The first kappa shape index (κ1) is 29.9. The van der Waals surface area contributed by atoms with Gasteiger partial charge in [0, 0.05) is 24.1 Å². The number of carbonyl (C=O) groups is 1. The molecule has 1 aromatic carbocycles. The van der Waals surface area contributed by atoms with E-state index in [4.69, 9.17) is 4.74 Å². The van der Waals surface area contributed by atoms with E-state index in [1.807, 2.05) is 61.2 Å². The predicted octanol–water partition coefficient (Wildman–Crippen LogP) is 5.17. The highest BCUT2D eigenvalue weighted by atomic mass is 16.5. The summed E-state index contributed by atoms with van der Waals surface area (Å²) < 4.78 is 6.04. The molecule has 0 saturated carbocycles. The number of aliphatic hydroxyl groups is 3. The molecule has 2 aliphatic rings. The van der Waals surface area contributed by atoms with E-state index < -0.39 is 12.2 Å². The summed E-state index contributed by atoms with van der Waals surface area (Å²) in [7, 11) is 0. The Balaban J connectivity index is 1.57. The Morgan fingerprint density at radius 2 is 1.74 bits per heavy atom. The molecule has 38 heavy (non-hydrogen) atoms. The van der Waals surface area contributed by atoms with Gasteiger partial charge in [0.1, 0.15) is 5.76 Å². The molecule has 1 heterocycles. The van der Waals surface area contributed by atoms with E-state index in [1.165, 1.54) is 0 Å². The third kappa shape index (κ3) is 8.42. The van der Waals surface area contributed by atoms with Gasteiger partial charge in [0.05, 0.1) is 24.9 Å². The van der Waals surface area contributed by atoms with Gasteiger partial charge in [-0.05, 0) is 82.9 Å². The van der Waals surface area contributed by atoms with Crippen molar-refractivity contribution in [2.24, 2.45) is 5.92 Å². The Hall–Kier alpha value is -2.67. The van der Waals surface area contributed by atoms with Crippen LogP contribution in [-0.2, 0) is 9.53 Å². The number of benzene rings is 1. The molecule has 1 aliphatic carbocycles. The maximum Gasteiger partial charge on any atom is 0.254 e. The zero-order valence-corrected chi connectivity index (χ0v) is 23.0. The van der Waals surface area contributed by atoms with Gasteiger partial charge in [-0.15, -0.1) is 6.58 Å². The van der Waals surface area contributed by atoms with Gasteiger partial charge in [-0.2, -0.15) is 0 Å². The van der Waals surface area contributed by atoms with Crippen LogP contribution in [-0.4, -0.2) is 63.6 Å². The van der Waals surface area contributed by atoms with Crippen molar-refractivity contribution in [2.45, 2.75) is 89.5 Å². The standard InChI is InChI=1S/C32H45NO5/c1-23(2)11-9-16-31(36)30(35)15-7-8-20-38-27-18-17-26-21-28(25-13-5-4-6-14-25)32(37)33(29(26)22-27)24(3)12-10-19-34/h4-6,13-14,17-18,21-22,24,26,29-31,34-36H,1,7-12,15-16,19-20H2,2-3H3. The quantitative estimate of drug-likeness (QED) is 0.206. The van der Waals surface area contributed by atoms with E-state index in [2.05, 4.69) is 18.7 Å². The molecule has 208 valence electrons. The minimum Gasteiger partial charge on any atom is -0.494 e. The van der Waals surface area contributed by atoms with Crippen molar-refractivity contribution in [3.05, 3.63) is 78.1 Å². The Labute approximate surface area is 228 Å². The van der Waals surface area contributed by atoms with Gasteiger partial charge < -0.3 is 25.0 Å². The van der Waals surface area contributed by atoms with Crippen LogP contribution in [0.25, 0.3) is 5.57 Å². The number of unbranched alkanes of at least 4 members (excludes halogenated alkanes) is 1. The number of ether oxygens (including phenoxy) is 1. The highest BCUT2D eigenvalue weighted by Gasteiger charge is 2.38. The molecule has 3 N–H and O–H groups in total. The summed E-state index contributed by atoms with van der Waals surface area (Å²) in [6.07, 6.45) is 12.5. The average Bonchev–Trinajstić information content (AvgIpc) is 2.91. The summed E-state index contributed by atoms with van der Waals surface area (Å²) in [5, 5.41) is 29.8. The second kappa shape index (κ2) is 15.1. The van der Waals surface area contributed by atoms with E-state index >= 15 is 0 Å². The van der Waals surface area contributed by atoms with E-state index in [0.29, 0.717) is 31.4 Å². The smallest absolute Gasteiger partial charge is 0.254 e. The Kier molecular flexibility index (Phi) is 11.8. The van der Waals surface area contributed by atoms with Crippen LogP contribution in [0.15, 0.2) is 72.5 Å². The van der Waals surface area contributed by atoms with E-state index in [0.717, 1.165) is 49.0 Å². The largest absolute Gasteiger partial charge is 0.494 e. The normalized spacial score (nSPS) is 21.3. The van der Waals surface area contributed by atoms with Crippen LogP contribution in [0, 0.1) is 5.92 Å². The number of fused-ring (bicyclic) bond motifs is 1. The van der Waals surface area contributed by atoms with Gasteiger partial charge in [-0.1, -0.05) is 48.1 Å². The first-order valence-corrected chi connectivity index (χ1v) is 14.1. The third-order valence-electron chi connectivity index (χ3n) is 7.41. The monoisotopic (exact) mass is 523 g/mol. The zero-order chi connectivity index (χ0) is 27.5. The highest BCUT2D eigenvalue weighted by Crippen LogP contribution is 2.35. The lowest BCUT2D eigenvalue weighted by Crippen LogP contribution is -2.51. The molecule has 0 radical (unpaired) electrons. The van der Waals surface area contributed by atoms with Gasteiger partial charge in [0.2, 0.25) is 0 Å². The van der Waals surface area contributed by atoms with Crippen molar-refractivity contribution in [3.63, 3.8) is 0 Å². The number of rotatable bonds is 16. The molecular weight excluding hydrogens is 478 g/mol. The second-order valence-electron chi connectivity index (χ2n) is 10.7. The minimum absolute atomic E-state index is 0.00425. The SMILES string of the molecule is C=C(C)CCCC(O)C(O)CCCCOC1=CC2C(C=C1)C=C(c1ccccc1)C(=O)N2C(C)CCCO. The van der Waals surface area contributed by atoms with Crippen molar-refractivity contribution >= 4 is 11.5 Å². The Morgan fingerprint density at radius 1 is 1.03 bits per heavy atom. The fraction of sp³-hybridized carbons (Fsp3) is 0.531. The summed E-state index contributed by atoms with van der Waals surface area (Å²) in [6.45, 7) is 8.50. The number of allylic oxidation sites excluding steroid dienone is 2.